The second kappa shape index (κ2) is 8.78. The van der Waals surface area contributed by atoms with Crippen molar-refractivity contribution in [2.75, 3.05) is 39.2 Å². The van der Waals surface area contributed by atoms with Crippen molar-refractivity contribution in [3.8, 4) is 17.8 Å². The minimum atomic E-state index is -0.179. The van der Waals surface area contributed by atoms with Crippen LogP contribution in [0.25, 0.3) is 0 Å². The molecule has 152 valence electrons. The molecule has 0 radical (unpaired) electrons. The standard InChI is InChI=1S/C21H25N5O3/c1-14-15(12-22)9-10-23-20(14)29-16-6-5-11-26(13-16)21(27)17-7-8-18(28-4)24-19(17)25(2)3/h7-10,16H,5-6,11,13H2,1-4H3. The minimum absolute atomic E-state index is 0.0902. The third-order valence-corrected chi connectivity index (χ3v) is 4.93. The number of amides is 1. The van der Waals surface area contributed by atoms with E-state index in [0.29, 0.717) is 47.4 Å². The van der Waals surface area contributed by atoms with Crippen LogP contribution in [0.3, 0.4) is 0 Å². The van der Waals surface area contributed by atoms with Gasteiger partial charge in [-0.2, -0.15) is 10.2 Å². The van der Waals surface area contributed by atoms with Gasteiger partial charge in [0, 0.05) is 38.5 Å². The average molecular weight is 395 g/mol. The molecule has 1 unspecified atom stereocenters. The number of carbonyl (C=O) groups is 1. The van der Waals surface area contributed by atoms with Crippen molar-refractivity contribution >= 4 is 11.7 Å². The first kappa shape index (κ1) is 20.4. The monoisotopic (exact) mass is 395 g/mol. The molecule has 3 heterocycles. The summed E-state index contributed by atoms with van der Waals surface area (Å²) in [6.45, 7) is 2.93. The second-order valence-corrected chi connectivity index (χ2v) is 7.15. The van der Waals surface area contributed by atoms with Gasteiger partial charge in [-0.25, -0.2) is 4.98 Å². The number of methoxy groups -OCH3 is 1. The second-order valence-electron chi connectivity index (χ2n) is 7.15. The first-order valence-electron chi connectivity index (χ1n) is 9.48. The summed E-state index contributed by atoms with van der Waals surface area (Å²) in [7, 11) is 5.24. The summed E-state index contributed by atoms with van der Waals surface area (Å²) in [4.78, 5) is 25.4. The highest BCUT2D eigenvalue weighted by Crippen LogP contribution is 2.25. The molecular formula is C21H25N5O3. The molecule has 8 heteroatoms. The van der Waals surface area contributed by atoms with E-state index in [1.54, 1.807) is 41.3 Å². The van der Waals surface area contributed by atoms with Gasteiger partial charge in [-0.05, 0) is 31.9 Å². The van der Waals surface area contributed by atoms with Crippen molar-refractivity contribution < 1.29 is 14.3 Å². The Bertz CT molecular complexity index is 938. The van der Waals surface area contributed by atoms with Crippen molar-refractivity contribution in [3.05, 3.63) is 41.1 Å². The molecule has 0 spiro atoms. The highest BCUT2D eigenvalue weighted by atomic mass is 16.5. The van der Waals surface area contributed by atoms with Crippen molar-refractivity contribution in [3.63, 3.8) is 0 Å². The van der Waals surface area contributed by atoms with Crippen molar-refractivity contribution in [2.45, 2.75) is 25.9 Å². The Hall–Kier alpha value is -3.34. The number of carbonyl (C=O) groups excluding carboxylic acids is 1. The van der Waals surface area contributed by atoms with E-state index in [0.717, 1.165) is 12.8 Å². The Morgan fingerprint density at radius 2 is 2.14 bits per heavy atom. The quantitative estimate of drug-likeness (QED) is 0.768. The zero-order valence-corrected chi connectivity index (χ0v) is 17.2. The summed E-state index contributed by atoms with van der Waals surface area (Å²) in [5.74, 6) is 1.39. The minimum Gasteiger partial charge on any atom is -0.481 e. The van der Waals surface area contributed by atoms with Crippen molar-refractivity contribution in [1.29, 1.82) is 5.26 Å². The van der Waals surface area contributed by atoms with Crippen LogP contribution in [0.15, 0.2) is 24.4 Å². The summed E-state index contributed by atoms with van der Waals surface area (Å²) >= 11 is 0. The third-order valence-electron chi connectivity index (χ3n) is 4.93. The zero-order valence-electron chi connectivity index (χ0n) is 17.2. The van der Waals surface area contributed by atoms with E-state index in [4.69, 9.17) is 9.47 Å². The molecule has 1 amide bonds. The highest BCUT2D eigenvalue weighted by Gasteiger charge is 2.28. The number of hydrogen-bond acceptors (Lipinski definition) is 7. The molecule has 1 aliphatic heterocycles. The maximum absolute atomic E-state index is 13.2. The Balaban J connectivity index is 1.78. The van der Waals surface area contributed by atoms with E-state index in [1.807, 2.05) is 21.0 Å². The highest BCUT2D eigenvalue weighted by molar-refractivity contribution is 5.99. The van der Waals surface area contributed by atoms with Crippen LogP contribution in [-0.2, 0) is 0 Å². The van der Waals surface area contributed by atoms with Crippen LogP contribution in [0.2, 0.25) is 0 Å². The Labute approximate surface area is 170 Å². The lowest BCUT2D eigenvalue weighted by Gasteiger charge is -2.33. The number of rotatable bonds is 5. The molecule has 8 nitrogen and oxygen atoms in total. The molecule has 1 aliphatic rings. The number of likely N-dealkylation sites (tertiary alicyclic amines) is 1. The molecule has 1 fully saturated rings. The number of pyridine rings is 2. The summed E-state index contributed by atoms with van der Waals surface area (Å²) in [6, 6.07) is 7.25. The van der Waals surface area contributed by atoms with Crippen molar-refractivity contribution in [1.82, 2.24) is 14.9 Å². The van der Waals surface area contributed by atoms with E-state index >= 15 is 0 Å². The number of piperidine rings is 1. The van der Waals surface area contributed by atoms with E-state index < -0.39 is 0 Å². The third kappa shape index (κ3) is 4.40. The number of anilines is 1. The molecule has 0 saturated carbocycles. The lowest BCUT2D eigenvalue weighted by molar-refractivity contribution is 0.0526. The van der Waals surface area contributed by atoms with Crippen LogP contribution in [0.4, 0.5) is 5.82 Å². The largest absolute Gasteiger partial charge is 0.481 e. The molecule has 2 aromatic rings. The van der Waals surface area contributed by atoms with Crippen LogP contribution in [-0.4, -0.2) is 61.2 Å². The van der Waals surface area contributed by atoms with Crippen LogP contribution in [0.5, 0.6) is 11.8 Å². The van der Waals surface area contributed by atoms with Crippen molar-refractivity contribution in [2.24, 2.45) is 0 Å². The summed E-state index contributed by atoms with van der Waals surface area (Å²) < 4.78 is 11.2. The first-order valence-corrected chi connectivity index (χ1v) is 9.48. The van der Waals surface area contributed by atoms with Gasteiger partial charge < -0.3 is 19.3 Å². The normalized spacial score (nSPS) is 16.1. The predicted octanol–water partition coefficient (Wildman–Crippen LogP) is 2.41. The first-order chi connectivity index (χ1) is 13.9. The smallest absolute Gasteiger partial charge is 0.257 e. The number of ether oxygens (including phenoxy) is 2. The van der Waals surface area contributed by atoms with E-state index in [2.05, 4.69) is 16.0 Å². The fourth-order valence-electron chi connectivity index (χ4n) is 3.36. The van der Waals surface area contributed by atoms with Crippen LogP contribution in [0, 0.1) is 18.3 Å². The van der Waals surface area contributed by atoms with E-state index in [1.165, 1.54) is 0 Å². The Morgan fingerprint density at radius 1 is 1.34 bits per heavy atom. The maximum Gasteiger partial charge on any atom is 0.257 e. The van der Waals surface area contributed by atoms with Gasteiger partial charge in [0.25, 0.3) is 5.91 Å². The molecule has 0 aromatic carbocycles. The molecule has 0 bridgehead atoms. The van der Waals surface area contributed by atoms with Gasteiger partial charge >= 0.3 is 0 Å². The Kier molecular flexibility index (Phi) is 6.17. The molecular weight excluding hydrogens is 370 g/mol. The fraction of sp³-hybridized carbons (Fsp3) is 0.429. The molecule has 3 rings (SSSR count). The van der Waals surface area contributed by atoms with Gasteiger partial charge in [0.05, 0.1) is 30.9 Å². The molecule has 2 aromatic heterocycles. The summed E-state index contributed by atoms with van der Waals surface area (Å²) in [5.41, 5.74) is 1.78. The van der Waals surface area contributed by atoms with Crippen LogP contribution in [0.1, 0.15) is 34.3 Å². The number of aromatic nitrogens is 2. The maximum atomic E-state index is 13.2. The number of nitrogens with zero attached hydrogens (tertiary/aromatic N) is 5. The van der Waals surface area contributed by atoms with Gasteiger partial charge in [-0.3, -0.25) is 4.79 Å². The SMILES string of the molecule is COc1ccc(C(=O)N2CCCC(Oc3nccc(C#N)c3C)C2)c(N(C)C)n1. The number of hydrogen-bond donors (Lipinski definition) is 0. The van der Waals surface area contributed by atoms with Gasteiger partial charge in [-0.1, -0.05) is 0 Å². The van der Waals surface area contributed by atoms with Crippen LogP contribution >= 0.6 is 0 Å². The Morgan fingerprint density at radius 3 is 2.83 bits per heavy atom. The molecule has 0 aliphatic carbocycles. The lowest BCUT2D eigenvalue weighted by Crippen LogP contribution is -2.44. The van der Waals surface area contributed by atoms with Gasteiger partial charge in [-0.15, -0.1) is 0 Å². The van der Waals surface area contributed by atoms with Gasteiger partial charge in [0.2, 0.25) is 11.8 Å². The van der Waals surface area contributed by atoms with Gasteiger partial charge in [0.1, 0.15) is 11.9 Å². The molecule has 1 saturated heterocycles. The van der Waals surface area contributed by atoms with E-state index in [-0.39, 0.29) is 12.0 Å². The molecule has 1 atom stereocenters. The van der Waals surface area contributed by atoms with Crippen LogP contribution < -0.4 is 14.4 Å². The zero-order chi connectivity index (χ0) is 21.0. The fourth-order valence-corrected chi connectivity index (χ4v) is 3.36. The summed E-state index contributed by atoms with van der Waals surface area (Å²) in [5, 5.41) is 9.19. The van der Waals surface area contributed by atoms with E-state index in [9.17, 15) is 10.1 Å². The van der Waals surface area contributed by atoms with Gasteiger partial charge in [0.15, 0.2) is 0 Å². The summed E-state index contributed by atoms with van der Waals surface area (Å²) in [6.07, 6.45) is 3.04. The molecule has 29 heavy (non-hydrogen) atoms. The average Bonchev–Trinajstić information content (AvgIpc) is 2.74. The predicted molar refractivity (Wildman–Crippen MR) is 108 cm³/mol. The molecule has 0 N–H and O–H groups in total. The number of nitriles is 1. The topological polar surface area (TPSA) is 91.6 Å². The lowest BCUT2D eigenvalue weighted by atomic mass is 10.1.